The standard InChI is InChI=1S/C12H20N2O2/c1-5-10(7-12(15)16)14-9(4)11(6-2)8(3)13-14/h10H,5-7H2,1-4H3,(H,15,16). The molecule has 0 aromatic carbocycles. The van der Waals surface area contributed by atoms with Gasteiger partial charge in [0.05, 0.1) is 18.2 Å². The second kappa shape index (κ2) is 5.14. The normalized spacial score (nSPS) is 12.8. The molecule has 0 radical (unpaired) electrons. The maximum absolute atomic E-state index is 10.8. The highest BCUT2D eigenvalue weighted by Crippen LogP contribution is 2.22. The Bertz CT molecular complexity index is 383. The number of carboxylic acid groups (broad SMARTS) is 1. The molecule has 0 fully saturated rings. The molecule has 0 amide bonds. The van der Waals surface area contributed by atoms with E-state index in [0.717, 1.165) is 24.2 Å². The molecule has 1 atom stereocenters. The van der Waals surface area contributed by atoms with Gasteiger partial charge in [-0.3, -0.25) is 9.48 Å². The predicted molar refractivity (Wildman–Crippen MR) is 62.7 cm³/mol. The molecule has 0 aliphatic rings. The fourth-order valence-electron chi connectivity index (χ4n) is 2.17. The lowest BCUT2D eigenvalue weighted by atomic mass is 10.1. The van der Waals surface area contributed by atoms with Gasteiger partial charge in [0.25, 0.3) is 0 Å². The summed E-state index contributed by atoms with van der Waals surface area (Å²) in [6, 6.07) is -0.0310. The summed E-state index contributed by atoms with van der Waals surface area (Å²) in [4.78, 5) is 10.8. The molecule has 4 nitrogen and oxygen atoms in total. The summed E-state index contributed by atoms with van der Waals surface area (Å²) in [5.41, 5.74) is 3.36. The summed E-state index contributed by atoms with van der Waals surface area (Å²) in [6.07, 6.45) is 1.88. The Morgan fingerprint density at radius 1 is 1.44 bits per heavy atom. The Morgan fingerprint density at radius 2 is 2.06 bits per heavy atom. The molecule has 0 spiro atoms. The van der Waals surface area contributed by atoms with Gasteiger partial charge in [-0.05, 0) is 32.3 Å². The number of aromatic nitrogens is 2. The van der Waals surface area contributed by atoms with Crippen molar-refractivity contribution < 1.29 is 9.90 Å². The molecule has 1 unspecified atom stereocenters. The van der Waals surface area contributed by atoms with Crippen molar-refractivity contribution in [2.24, 2.45) is 0 Å². The Kier molecular flexibility index (Phi) is 4.10. The average Bonchev–Trinajstić information content (AvgIpc) is 2.50. The van der Waals surface area contributed by atoms with Crippen LogP contribution in [0.5, 0.6) is 0 Å². The number of aliphatic carboxylic acids is 1. The molecule has 0 saturated carbocycles. The number of nitrogens with zero attached hydrogens (tertiary/aromatic N) is 2. The van der Waals surface area contributed by atoms with E-state index >= 15 is 0 Å². The predicted octanol–water partition coefficient (Wildman–Crippen LogP) is 2.49. The molecule has 90 valence electrons. The van der Waals surface area contributed by atoms with E-state index in [9.17, 15) is 4.79 Å². The molecule has 0 saturated heterocycles. The number of carbonyl (C=O) groups is 1. The van der Waals surface area contributed by atoms with Gasteiger partial charge in [-0.1, -0.05) is 13.8 Å². The number of rotatable bonds is 5. The van der Waals surface area contributed by atoms with Gasteiger partial charge in [0, 0.05) is 5.69 Å². The lowest BCUT2D eigenvalue weighted by molar-refractivity contribution is -0.138. The van der Waals surface area contributed by atoms with Gasteiger partial charge in [0.2, 0.25) is 0 Å². The van der Waals surface area contributed by atoms with Crippen LogP contribution >= 0.6 is 0 Å². The van der Waals surface area contributed by atoms with Crippen LogP contribution in [-0.4, -0.2) is 20.9 Å². The van der Waals surface area contributed by atoms with Crippen LogP contribution in [0.25, 0.3) is 0 Å². The van der Waals surface area contributed by atoms with E-state index in [-0.39, 0.29) is 12.5 Å². The molecular weight excluding hydrogens is 204 g/mol. The second-order valence-electron chi connectivity index (χ2n) is 4.11. The van der Waals surface area contributed by atoms with Crippen molar-refractivity contribution in [3.63, 3.8) is 0 Å². The number of hydrogen-bond acceptors (Lipinski definition) is 2. The molecule has 1 rings (SSSR count). The minimum atomic E-state index is -0.766. The van der Waals surface area contributed by atoms with Crippen molar-refractivity contribution in [3.05, 3.63) is 17.0 Å². The van der Waals surface area contributed by atoms with Crippen LogP contribution < -0.4 is 0 Å². The van der Waals surface area contributed by atoms with E-state index in [1.165, 1.54) is 5.56 Å². The van der Waals surface area contributed by atoms with Crippen molar-refractivity contribution in [2.75, 3.05) is 0 Å². The van der Waals surface area contributed by atoms with E-state index in [0.29, 0.717) is 0 Å². The third-order valence-corrected chi connectivity index (χ3v) is 3.06. The SMILES string of the molecule is CCc1c(C)nn(C(CC)CC(=O)O)c1C. The summed E-state index contributed by atoms with van der Waals surface area (Å²) < 4.78 is 1.88. The van der Waals surface area contributed by atoms with E-state index < -0.39 is 5.97 Å². The molecule has 1 heterocycles. The third kappa shape index (κ3) is 2.43. The van der Waals surface area contributed by atoms with Gasteiger partial charge >= 0.3 is 5.97 Å². The van der Waals surface area contributed by atoms with Crippen LogP contribution in [0.4, 0.5) is 0 Å². The molecule has 16 heavy (non-hydrogen) atoms. The zero-order chi connectivity index (χ0) is 12.3. The second-order valence-corrected chi connectivity index (χ2v) is 4.11. The molecule has 4 heteroatoms. The topological polar surface area (TPSA) is 55.1 Å². The Labute approximate surface area is 96.3 Å². The fourth-order valence-corrected chi connectivity index (χ4v) is 2.17. The highest BCUT2D eigenvalue weighted by atomic mass is 16.4. The van der Waals surface area contributed by atoms with E-state index in [1.54, 1.807) is 0 Å². The maximum Gasteiger partial charge on any atom is 0.305 e. The minimum absolute atomic E-state index is 0.0310. The lowest BCUT2D eigenvalue weighted by Crippen LogP contribution is -2.15. The average molecular weight is 224 g/mol. The molecule has 0 aliphatic heterocycles. The fraction of sp³-hybridized carbons (Fsp3) is 0.667. The first-order chi connectivity index (χ1) is 7.51. The molecule has 1 N–H and O–H groups in total. The summed E-state index contributed by atoms with van der Waals surface area (Å²) in [5, 5.41) is 13.3. The number of aryl methyl sites for hydroxylation is 1. The third-order valence-electron chi connectivity index (χ3n) is 3.06. The molecule has 0 aliphatic carbocycles. The largest absolute Gasteiger partial charge is 0.481 e. The lowest BCUT2D eigenvalue weighted by Gasteiger charge is -2.15. The molecule has 0 bridgehead atoms. The zero-order valence-corrected chi connectivity index (χ0v) is 10.4. The number of carboxylic acids is 1. The van der Waals surface area contributed by atoms with Crippen LogP contribution in [-0.2, 0) is 11.2 Å². The van der Waals surface area contributed by atoms with Crippen molar-refractivity contribution >= 4 is 5.97 Å². The van der Waals surface area contributed by atoms with Gasteiger partial charge in [0.15, 0.2) is 0 Å². The number of hydrogen-bond donors (Lipinski definition) is 1. The van der Waals surface area contributed by atoms with Crippen molar-refractivity contribution in [1.82, 2.24) is 9.78 Å². The Morgan fingerprint density at radius 3 is 2.44 bits per heavy atom. The molecule has 1 aromatic rings. The van der Waals surface area contributed by atoms with Crippen molar-refractivity contribution in [2.45, 2.75) is 53.0 Å². The van der Waals surface area contributed by atoms with Crippen LogP contribution in [0.3, 0.4) is 0 Å². The van der Waals surface area contributed by atoms with Crippen LogP contribution in [0.1, 0.15) is 49.7 Å². The first-order valence-electron chi connectivity index (χ1n) is 5.77. The molecule has 1 aromatic heterocycles. The van der Waals surface area contributed by atoms with Crippen LogP contribution in [0.15, 0.2) is 0 Å². The van der Waals surface area contributed by atoms with Gasteiger partial charge in [-0.15, -0.1) is 0 Å². The van der Waals surface area contributed by atoms with Crippen molar-refractivity contribution in [1.29, 1.82) is 0 Å². The highest BCUT2D eigenvalue weighted by Gasteiger charge is 2.18. The first kappa shape index (κ1) is 12.7. The summed E-state index contributed by atoms with van der Waals surface area (Å²) in [7, 11) is 0. The maximum atomic E-state index is 10.8. The first-order valence-corrected chi connectivity index (χ1v) is 5.77. The Balaban J connectivity index is 3.05. The summed E-state index contributed by atoms with van der Waals surface area (Å²) in [5.74, 6) is -0.766. The van der Waals surface area contributed by atoms with E-state index in [4.69, 9.17) is 5.11 Å². The van der Waals surface area contributed by atoms with Gasteiger partial charge in [-0.2, -0.15) is 5.10 Å². The van der Waals surface area contributed by atoms with E-state index in [2.05, 4.69) is 12.0 Å². The van der Waals surface area contributed by atoms with Gasteiger partial charge in [0.1, 0.15) is 0 Å². The van der Waals surface area contributed by atoms with Crippen LogP contribution in [0, 0.1) is 13.8 Å². The van der Waals surface area contributed by atoms with Gasteiger partial charge in [-0.25, -0.2) is 0 Å². The highest BCUT2D eigenvalue weighted by molar-refractivity contribution is 5.67. The quantitative estimate of drug-likeness (QED) is 0.836. The zero-order valence-electron chi connectivity index (χ0n) is 10.4. The smallest absolute Gasteiger partial charge is 0.305 e. The summed E-state index contributed by atoms with van der Waals surface area (Å²) >= 11 is 0. The minimum Gasteiger partial charge on any atom is -0.481 e. The van der Waals surface area contributed by atoms with Crippen LogP contribution in [0.2, 0.25) is 0 Å². The van der Waals surface area contributed by atoms with Gasteiger partial charge < -0.3 is 5.11 Å². The monoisotopic (exact) mass is 224 g/mol. The molecular formula is C12H20N2O2. The Hall–Kier alpha value is -1.32. The van der Waals surface area contributed by atoms with Crippen molar-refractivity contribution in [3.8, 4) is 0 Å². The summed E-state index contributed by atoms with van der Waals surface area (Å²) in [6.45, 7) is 8.09. The van der Waals surface area contributed by atoms with E-state index in [1.807, 2.05) is 25.5 Å².